The van der Waals surface area contributed by atoms with Crippen molar-refractivity contribution in [2.24, 2.45) is 5.92 Å². The van der Waals surface area contributed by atoms with Crippen LogP contribution in [0, 0.1) is 5.92 Å². The number of carbonyl (C=O) groups is 4. The molecule has 0 radical (unpaired) electrons. The summed E-state index contributed by atoms with van der Waals surface area (Å²) in [5.41, 5.74) is -0.705. The van der Waals surface area contributed by atoms with Gasteiger partial charge in [-0.15, -0.1) is 0 Å². The zero-order valence-electron chi connectivity index (χ0n) is 18.0. The lowest BCUT2D eigenvalue weighted by Gasteiger charge is -2.36. The fraction of sp³-hybridized carbons (Fsp3) is 0.550. The number of alkyl carbamates (subject to hydrolysis) is 1. The summed E-state index contributed by atoms with van der Waals surface area (Å²) in [6.07, 6.45) is 1.87. The van der Waals surface area contributed by atoms with Gasteiger partial charge in [-0.25, -0.2) is 9.78 Å². The first-order chi connectivity index (χ1) is 14.5. The Balaban J connectivity index is 2.04. The van der Waals surface area contributed by atoms with E-state index in [0.29, 0.717) is 24.3 Å². The molecule has 2 rings (SSSR count). The minimum atomic E-state index is -0.903. The van der Waals surface area contributed by atoms with E-state index in [-0.39, 0.29) is 17.6 Å². The first-order valence-corrected chi connectivity index (χ1v) is 10.3. The number of amides is 4. The number of halogens is 1. The number of aromatic nitrogens is 1. The quantitative estimate of drug-likeness (QED) is 0.511. The molecular formula is C20H28ClN5O5. The Labute approximate surface area is 185 Å². The summed E-state index contributed by atoms with van der Waals surface area (Å²) in [7, 11) is 1.54. The molecule has 0 saturated heterocycles. The van der Waals surface area contributed by atoms with E-state index in [1.165, 1.54) is 18.3 Å². The summed E-state index contributed by atoms with van der Waals surface area (Å²) in [5.74, 6) is -2.08. The minimum Gasteiger partial charge on any atom is -0.444 e. The molecule has 1 aromatic rings. The first-order valence-electron chi connectivity index (χ1n) is 9.93. The van der Waals surface area contributed by atoms with Crippen LogP contribution < -0.4 is 21.3 Å². The molecule has 1 saturated carbocycles. The van der Waals surface area contributed by atoms with Crippen molar-refractivity contribution in [2.75, 3.05) is 12.4 Å². The van der Waals surface area contributed by atoms with Gasteiger partial charge < -0.3 is 26.0 Å². The molecule has 3 atom stereocenters. The van der Waals surface area contributed by atoms with E-state index in [2.05, 4.69) is 26.3 Å². The molecule has 4 N–H and O–H groups in total. The molecule has 4 amide bonds. The molecule has 0 unspecified atom stereocenters. The van der Waals surface area contributed by atoms with E-state index < -0.39 is 35.6 Å². The van der Waals surface area contributed by atoms with E-state index in [0.717, 1.165) is 0 Å². The summed E-state index contributed by atoms with van der Waals surface area (Å²) in [6, 6.07) is 1.86. The largest absolute Gasteiger partial charge is 0.444 e. The van der Waals surface area contributed by atoms with Crippen molar-refractivity contribution in [3.05, 3.63) is 23.4 Å². The summed E-state index contributed by atoms with van der Waals surface area (Å²) in [4.78, 5) is 52.9. The van der Waals surface area contributed by atoms with Gasteiger partial charge in [0.1, 0.15) is 11.4 Å². The van der Waals surface area contributed by atoms with Gasteiger partial charge in [-0.1, -0.05) is 11.6 Å². The van der Waals surface area contributed by atoms with Gasteiger partial charge in [-0.05, 0) is 52.2 Å². The van der Waals surface area contributed by atoms with Gasteiger partial charge in [-0.3, -0.25) is 14.4 Å². The number of ether oxygens (including phenoxy) is 1. The third-order valence-corrected chi connectivity index (χ3v) is 4.88. The summed E-state index contributed by atoms with van der Waals surface area (Å²) < 4.78 is 5.29. The van der Waals surface area contributed by atoms with Gasteiger partial charge in [0.05, 0.1) is 11.1 Å². The van der Waals surface area contributed by atoms with Gasteiger partial charge in [0.2, 0.25) is 5.91 Å². The highest BCUT2D eigenvalue weighted by Gasteiger charge is 2.37. The normalized spacial score (nSPS) is 20.9. The number of carbonyl (C=O) groups excluding carboxylic acids is 4. The van der Waals surface area contributed by atoms with Crippen LogP contribution in [0.5, 0.6) is 0 Å². The topological polar surface area (TPSA) is 139 Å². The summed E-state index contributed by atoms with van der Waals surface area (Å²) >= 11 is 5.75. The molecule has 1 aliphatic rings. The van der Waals surface area contributed by atoms with Crippen LogP contribution in [0.15, 0.2) is 18.3 Å². The predicted octanol–water partition coefficient (Wildman–Crippen LogP) is 1.60. The van der Waals surface area contributed by atoms with Crippen molar-refractivity contribution in [1.82, 2.24) is 20.9 Å². The second-order valence-corrected chi connectivity index (χ2v) is 8.71. The average molecular weight is 454 g/mol. The van der Waals surface area contributed by atoms with E-state index in [4.69, 9.17) is 16.3 Å². The number of anilines is 1. The van der Waals surface area contributed by atoms with Crippen molar-refractivity contribution in [1.29, 1.82) is 0 Å². The highest BCUT2D eigenvalue weighted by atomic mass is 35.5. The molecule has 170 valence electrons. The Bertz CT molecular complexity index is 824. The number of nitrogens with one attached hydrogen (secondary N) is 4. The van der Waals surface area contributed by atoms with Gasteiger partial charge in [0.15, 0.2) is 0 Å². The van der Waals surface area contributed by atoms with Gasteiger partial charge in [-0.2, -0.15) is 0 Å². The van der Waals surface area contributed by atoms with E-state index >= 15 is 0 Å². The van der Waals surface area contributed by atoms with E-state index in [9.17, 15) is 19.2 Å². The third kappa shape index (κ3) is 7.71. The molecule has 1 aliphatic carbocycles. The molecule has 11 heteroatoms. The number of hydrogen-bond acceptors (Lipinski definition) is 6. The van der Waals surface area contributed by atoms with Crippen LogP contribution in [-0.4, -0.2) is 53.5 Å². The molecule has 1 fully saturated rings. The second-order valence-electron chi connectivity index (χ2n) is 8.27. The van der Waals surface area contributed by atoms with Crippen LogP contribution in [-0.2, 0) is 19.1 Å². The van der Waals surface area contributed by atoms with Crippen molar-refractivity contribution in [3.63, 3.8) is 0 Å². The minimum absolute atomic E-state index is 0.146. The fourth-order valence-electron chi connectivity index (χ4n) is 3.26. The highest BCUT2D eigenvalue weighted by Crippen LogP contribution is 2.25. The maximum Gasteiger partial charge on any atom is 0.407 e. The van der Waals surface area contributed by atoms with Crippen LogP contribution in [0.25, 0.3) is 0 Å². The van der Waals surface area contributed by atoms with Crippen molar-refractivity contribution >= 4 is 41.2 Å². The highest BCUT2D eigenvalue weighted by molar-refractivity contribution is 6.39. The Morgan fingerprint density at radius 3 is 2.35 bits per heavy atom. The number of nitrogens with zero attached hydrogens (tertiary/aromatic N) is 1. The van der Waals surface area contributed by atoms with Gasteiger partial charge in [0.25, 0.3) is 0 Å². The maximum absolute atomic E-state index is 12.4. The molecule has 31 heavy (non-hydrogen) atoms. The Morgan fingerprint density at radius 1 is 1.06 bits per heavy atom. The van der Waals surface area contributed by atoms with Crippen molar-refractivity contribution < 1.29 is 23.9 Å². The first kappa shape index (κ1) is 24.4. The molecule has 10 nitrogen and oxygen atoms in total. The zero-order valence-corrected chi connectivity index (χ0v) is 18.7. The van der Waals surface area contributed by atoms with Crippen LogP contribution in [0.1, 0.15) is 40.0 Å². The summed E-state index contributed by atoms with van der Waals surface area (Å²) in [5, 5.41) is 10.7. The van der Waals surface area contributed by atoms with Crippen molar-refractivity contribution in [2.45, 2.75) is 57.7 Å². The Kier molecular flexibility index (Phi) is 8.21. The lowest BCUT2D eigenvalue weighted by molar-refractivity contribution is -0.137. The molecule has 0 aliphatic heterocycles. The Hall–Kier alpha value is -2.88. The van der Waals surface area contributed by atoms with Crippen molar-refractivity contribution in [3.8, 4) is 0 Å². The predicted molar refractivity (Wildman–Crippen MR) is 114 cm³/mol. The summed E-state index contributed by atoms with van der Waals surface area (Å²) in [6.45, 7) is 5.19. The maximum atomic E-state index is 12.4. The van der Waals surface area contributed by atoms with Crippen LogP contribution in [0.2, 0.25) is 5.02 Å². The number of pyridine rings is 1. The SMILES string of the molecule is CNC(=O)[C@H]1CC[C@H](NC(=O)C(=O)Nc2ccc(Cl)cn2)[C@@H](NC(=O)OC(C)(C)C)C1. The lowest BCUT2D eigenvalue weighted by atomic mass is 9.81. The van der Waals surface area contributed by atoms with Crippen LogP contribution in [0.4, 0.5) is 10.6 Å². The van der Waals surface area contributed by atoms with Gasteiger partial charge in [0, 0.05) is 25.2 Å². The number of rotatable bonds is 4. The van der Waals surface area contributed by atoms with Gasteiger partial charge >= 0.3 is 17.9 Å². The Morgan fingerprint density at radius 2 is 1.77 bits per heavy atom. The second kappa shape index (κ2) is 10.4. The molecular weight excluding hydrogens is 426 g/mol. The number of hydrogen-bond donors (Lipinski definition) is 4. The van der Waals surface area contributed by atoms with E-state index in [1.807, 2.05) is 0 Å². The van der Waals surface area contributed by atoms with E-state index in [1.54, 1.807) is 27.8 Å². The molecule has 0 aromatic carbocycles. The molecule has 1 aromatic heterocycles. The third-order valence-electron chi connectivity index (χ3n) is 4.66. The van der Waals surface area contributed by atoms with Crippen LogP contribution in [0.3, 0.4) is 0 Å². The monoisotopic (exact) mass is 453 g/mol. The molecule has 1 heterocycles. The zero-order chi connectivity index (χ0) is 23.2. The smallest absolute Gasteiger partial charge is 0.407 e. The fourth-order valence-corrected chi connectivity index (χ4v) is 3.37. The standard InChI is InChI=1S/C20H28ClN5O5/c1-20(2,3)31-19(30)25-14-9-11(16(27)22-4)5-7-13(14)24-17(28)18(29)26-15-8-6-12(21)10-23-15/h6,8,10-11,13-14H,5,7,9H2,1-4H3,(H,22,27)(H,24,28)(H,25,30)(H,23,26,29)/t11-,13-,14-/m0/s1. The van der Waals surface area contributed by atoms with Crippen LogP contribution >= 0.6 is 11.6 Å². The molecule has 0 bridgehead atoms. The lowest BCUT2D eigenvalue weighted by Crippen LogP contribution is -2.57. The molecule has 0 spiro atoms. The average Bonchev–Trinajstić information content (AvgIpc) is 2.68.